The summed E-state index contributed by atoms with van der Waals surface area (Å²) in [6, 6.07) is 12.6. The van der Waals surface area contributed by atoms with Gasteiger partial charge in [-0.05, 0) is 18.5 Å². The first-order valence-electron chi connectivity index (χ1n) is 5.66. The lowest BCUT2D eigenvalue weighted by Gasteiger charge is -2.40. The summed E-state index contributed by atoms with van der Waals surface area (Å²) in [5, 5.41) is 12.6. The van der Waals surface area contributed by atoms with Crippen LogP contribution in [0.4, 0.5) is 0 Å². The number of nitrogens with zero attached hydrogens (tertiary/aromatic N) is 1. The maximum absolute atomic E-state index is 9.18. The smallest absolute Gasteiger partial charge is 0.109 e. The van der Waals surface area contributed by atoms with E-state index >= 15 is 0 Å². The molecule has 0 saturated carbocycles. The van der Waals surface area contributed by atoms with Crippen molar-refractivity contribution in [2.45, 2.75) is 24.9 Å². The highest BCUT2D eigenvalue weighted by atomic mass is 15.0. The van der Waals surface area contributed by atoms with E-state index in [1.807, 2.05) is 25.1 Å². The van der Waals surface area contributed by atoms with Crippen LogP contribution in [0.1, 0.15) is 24.9 Å². The van der Waals surface area contributed by atoms with Crippen LogP contribution in [-0.4, -0.2) is 12.1 Å². The summed E-state index contributed by atoms with van der Waals surface area (Å²) in [6.07, 6.45) is 0.716. The summed E-state index contributed by atoms with van der Waals surface area (Å²) in [5.74, 6) is 0.119. The third-order valence-electron chi connectivity index (χ3n) is 3.58. The maximum Gasteiger partial charge on any atom is 0.109 e. The van der Waals surface area contributed by atoms with E-state index in [2.05, 4.69) is 23.5 Å². The Balaban J connectivity index is 2.27. The van der Waals surface area contributed by atoms with Crippen LogP contribution in [0.15, 0.2) is 30.3 Å². The zero-order valence-corrected chi connectivity index (χ0v) is 9.48. The van der Waals surface area contributed by atoms with Crippen LogP contribution in [-0.2, 0) is 0 Å². The van der Waals surface area contributed by atoms with Crippen molar-refractivity contribution in [3.8, 4) is 6.07 Å². The van der Waals surface area contributed by atoms with Crippen molar-refractivity contribution in [3.05, 3.63) is 35.9 Å². The molecule has 3 atom stereocenters. The molecule has 0 amide bonds. The van der Waals surface area contributed by atoms with Gasteiger partial charge in [0.05, 0.1) is 6.07 Å². The van der Waals surface area contributed by atoms with Crippen LogP contribution in [0.3, 0.4) is 0 Å². The van der Waals surface area contributed by atoms with Crippen molar-refractivity contribution in [1.29, 1.82) is 5.26 Å². The van der Waals surface area contributed by atoms with E-state index in [4.69, 9.17) is 5.73 Å². The summed E-state index contributed by atoms with van der Waals surface area (Å²) >= 11 is 0. The van der Waals surface area contributed by atoms with Crippen LogP contribution in [0, 0.1) is 17.2 Å². The predicted molar refractivity (Wildman–Crippen MR) is 63.5 cm³/mol. The molecule has 1 aromatic carbocycles. The molecule has 3 nitrogen and oxygen atoms in total. The molecule has 0 aliphatic carbocycles. The zero-order chi connectivity index (χ0) is 11.6. The van der Waals surface area contributed by atoms with E-state index in [9.17, 15) is 5.26 Å². The van der Waals surface area contributed by atoms with Crippen LogP contribution >= 0.6 is 0 Å². The lowest BCUT2D eigenvalue weighted by atomic mass is 9.75. The van der Waals surface area contributed by atoms with Crippen molar-refractivity contribution in [2.75, 3.05) is 6.54 Å². The van der Waals surface area contributed by atoms with E-state index < -0.39 is 5.54 Å². The third-order valence-corrected chi connectivity index (χ3v) is 3.58. The number of rotatable bonds is 1. The Hall–Kier alpha value is -1.37. The van der Waals surface area contributed by atoms with Crippen molar-refractivity contribution in [1.82, 2.24) is 5.32 Å². The first-order valence-corrected chi connectivity index (χ1v) is 5.66. The first-order chi connectivity index (χ1) is 7.67. The van der Waals surface area contributed by atoms with Gasteiger partial charge in [0.25, 0.3) is 0 Å². The highest BCUT2D eigenvalue weighted by Gasteiger charge is 2.40. The minimum Gasteiger partial charge on any atom is -0.313 e. The second-order valence-electron chi connectivity index (χ2n) is 4.53. The average Bonchev–Trinajstić information content (AvgIpc) is 2.34. The van der Waals surface area contributed by atoms with Gasteiger partial charge in [-0.25, -0.2) is 0 Å². The molecule has 84 valence electrons. The molecule has 1 aliphatic rings. The van der Waals surface area contributed by atoms with Crippen LogP contribution in [0.25, 0.3) is 0 Å². The van der Waals surface area contributed by atoms with Crippen molar-refractivity contribution < 1.29 is 0 Å². The number of benzene rings is 1. The SMILES string of the molecule is CC1C(c2ccccc2)NCCC1(N)C#N. The number of nitriles is 1. The standard InChI is InChI=1S/C13H17N3/c1-10-12(11-5-3-2-4-6-11)16-8-7-13(10,15)9-14/h2-6,10,12,16H,7-8,15H2,1H3. The Kier molecular flexibility index (Phi) is 2.95. The summed E-state index contributed by atoms with van der Waals surface area (Å²) in [5.41, 5.74) is 6.63. The lowest BCUT2D eigenvalue weighted by Crippen LogP contribution is -2.55. The molecule has 3 heteroatoms. The minimum absolute atomic E-state index is 0.119. The highest BCUT2D eigenvalue weighted by Crippen LogP contribution is 2.34. The molecule has 16 heavy (non-hydrogen) atoms. The zero-order valence-electron chi connectivity index (χ0n) is 9.48. The Morgan fingerprint density at radius 1 is 1.44 bits per heavy atom. The average molecular weight is 215 g/mol. The summed E-state index contributed by atoms with van der Waals surface area (Å²) in [6.45, 7) is 2.85. The second-order valence-corrected chi connectivity index (χ2v) is 4.53. The van der Waals surface area contributed by atoms with Gasteiger partial charge in [-0.15, -0.1) is 0 Å². The molecule has 0 radical (unpaired) electrons. The molecule has 0 spiro atoms. The molecule has 1 fully saturated rings. The van der Waals surface area contributed by atoms with Gasteiger partial charge in [-0.3, -0.25) is 0 Å². The van der Waals surface area contributed by atoms with E-state index in [1.165, 1.54) is 5.56 Å². The molecule has 0 aromatic heterocycles. The van der Waals surface area contributed by atoms with Crippen molar-refractivity contribution in [3.63, 3.8) is 0 Å². The monoisotopic (exact) mass is 215 g/mol. The molecular weight excluding hydrogens is 198 g/mol. The third kappa shape index (κ3) is 1.82. The number of nitrogens with one attached hydrogen (secondary N) is 1. The molecule has 1 aliphatic heterocycles. The normalized spacial score (nSPS) is 34.3. The van der Waals surface area contributed by atoms with Gasteiger partial charge in [0, 0.05) is 12.0 Å². The highest BCUT2D eigenvalue weighted by molar-refractivity contribution is 5.24. The van der Waals surface area contributed by atoms with Crippen molar-refractivity contribution in [2.24, 2.45) is 11.7 Å². The summed E-state index contributed by atoms with van der Waals surface area (Å²) < 4.78 is 0. The molecule has 1 saturated heterocycles. The van der Waals surface area contributed by atoms with E-state index in [0.717, 1.165) is 6.54 Å². The van der Waals surface area contributed by atoms with Crippen LogP contribution in [0.5, 0.6) is 0 Å². The Labute approximate surface area is 96.3 Å². The Bertz CT molecular complexity index is 395. The molecule has 1 aromatic rings. The molecule has 0 bridgehead atoms. The predicted octanol–water partition coefficient (Wildman–Crippen LogP) is 1.58. The topological polar surface area (TPSA) is 61.8 Å². The molecule has 2 rings (SSSR count). The summed E-state index contributed by atoms with van der Waals surface area (Å²) in [7, 11) is 0. The van der Waals surface area contributed by atoms with Crippen molar-refractivity contribution >= 4 is 0 Å². The van der Waals surface area contributed by atoms with Gasteiger partial charge >= 0.3 is 0 Å². The fraction of sp³-hybridized carbons (Fsp3) is 0.462. The largest absolute Gasteiger partial charge is 0.313 e. The molecule has 3 N–H and O–H groups in total. The van der Waals surface area contributed by atoms with E-state index in [-0.39, 0.29) is 12.0 Å². The van der Waals surface area contributed by atoms with Gasteiger partial charge in [-0.1, -0.05) is 37.3 Å². The van der Waals surface area contributed by atoms with Crippen LogP contribution < -0.4 is 11.1 Å². The van der Waals surface area contributed by atoms with Crippen LogP contribution in [0.2, 0.25) is 0 Å². The van der Waals surface area contributed by atoms with Gasteiger partial charge in [0.15, 0.2) is 0 Å². The number of hydrogen-bond donors (Lipinski definition) is 2. The fourth-order valence-electron chi connectivity index (χ4n) is 2.36. The fourth-order valence-corrected chi connectivity index (χ4v) is 2.36. The Morgan fingerprint density at radius 2 is 2.12 bits per heavy atom. The van der Waals surface area contributed by atoms with Gasteiger partial charge in [0.1, 0.15) is 5.54 Å². The number of hydrogen-bond acceptors (Lipinski definition) is 3. The first kappa shape index (κ1) is 11.1. The number of nitrogens with two attached hydrogens (primary N) is 1. The maximum atomic E-state index is 9.18. The molecule has 1 heterocycles. The van der Waals surface area contributed by atoms with Gasteiger partial charge in [0.2, 0.25) is 0 Å². The molecular formula is C13H17N3. The summed E-state index contributed by atoms with van der Waals surface area (Å²) in [4.78, 5) is 0. The molecule has 3 unspecified atom stereocenters. The minimum atomic E-state index is -0.703. The van der Waals surface area contributed by atoms with E-state index in [1.54, 1.807) is 0 Å². The van der Waals surface area contributed by atoms with E-state index in [0.29, 0.717) is 6.42 Å². The van der Waals surface area contributed by atoms with Gasteiger partial charge < -0.3 is 11.1 Å². The lowest BCUT2D eigenvalue weighted by molar-refractivity contribution is 0.213. The Morgan fingerprint density at radius 3 is 2.75 bits per heavy atom. The van der Waals surface area contributed by atoms with Gasteiger partial charge in [-0.2, -0.15) is 5.26 Å². The second kappa shape index (κ2) is 4.25. The number of piperidine rings is 1. The quantitative estimate of drug-likeness (QED) is 0.747.